The van der Waals surface area contributed by atoms with Crippen LogP contribution < -0.4 is 4.74 Å². The summed E-state index contributed by atoms with van der Waals surface area (Å²) in [7, 11) is 1.81. The van der Waals surface area contributed by atoms with Crippen molar-refractivity contribution in [3.05, 3.63) is 65.6 Å². The molecule has 1 spiro atoms. The topological polar surface area (TPSA) is 86.4 Å². The van der Waals surface area contributed by atoms with Gasteiger partial charge in [0.2, 0.25) is 5.91 Å². The van der Waals surface area contributed by atoms with Gasteiger partial charge >= 0.3 is 0 Å². The van der Waals surface area contributed by atoms with Crippen LogP contribution in [0.5, 0.6) is 11.5 Å². The fourth-order valence-electron chi connectivity index (χ4n) is 7.40. The molecule has 5 atom stereocenters. The molecule has 7 heteroatoms. The molecule has 6 rings (SSSR count). The summed E-state index contributed by atoms with van der Waals surface area (Å²) in [5.74, 6) is 1.22. The van der Waals surface area contributed by atoms with E-state index in [-0.39, 0.29) is 23.7 Å². The molecule has 2 fully saturated rings. The van der Waals surface area contributed by atoms with Crippen molar-refractivity contribution >= 4 is 12.0 Å². The first-order valence-electron chi connectivity index (χ1n) is 12.4. The van der Waals surface area contributed by atoms with Gasteiger partial charge in [-0.1, -0.05) is 12.1 Å². The molecular weight excluding hydrogens is 444 g/mol. The molecule has 1 aromatic heterocycles. The number of aromatic hydroxyl groups is 1. The number of carbonyl (C=O) groups excluding carboxylic acids is 1. The molecule has 1 saturated carbocycles. The second-order valence-electron chi connectivity index (χ2n) is 10.5. The molecule has 184 valence electrons. The van der Waals surface area contributed by atoms with Crippen LogP contribution in [0.2, 0.25) is 0 Å². The van der Waals surface area contributed by atoms with Gasteiger partial charge < -0.3 is 24.3 Å². The zero-order valence-electron chi connectivity index (χ0n) is 20.2. The molecule has 35 heavy (non-hydrogen) atoms. The van der Waals surface area contributed by atoms with E-state index in [1.54, 1.807) is 36.4 Å². The van der Waals surface area contributed by atoms with Gasteiger partial charge in [-0.3, -0.25) is 9.69 Å². The van der Waals surface area contributed by atoms with Crippen molar-refractivity contribution in [2.45, 2.75) is 61.8 Å². The van der Waals surface area contributed by atoms with Crippen molar-refractivity contribution < 1.29 is 24.2 Å². The Morgan fingerprint density at radius 1 is 1.34 bits per heavy atom. The third kappa shape index (κ3) is 2.88. The third-order valence-corrected chi connectivity index (χ3v) is 9.05. The number of aryl methyl sites for hydroxylation is 1. The van der Waals surface area contributed by atoms with Gasteiger partial charge in [0.1, 0.15) is 11.9 Å². The van der Waals surface area contributed by atoms with Crippen LogP contribution in [-0.2, 0) is 16.6 Å². The lowest BCUT2D eigenvalue weighted by molar-refractivity contribution is -0.198. The number of benzene rings is 1. The first-order valence-corrected chi connectivity index (χ1v) is 12.4. The minimum atomic E-state index is -1.00. The fraction of sp³-hybridized carbons (Fsp3) is 0.464. The Morgan fingerprint density at radius 3 is 2.91 bits per heavy atom. The standard InChI is InChI=1S/C28H32N2O5/c1-4-13-30-14-12-27-24-19-5-7-21(31)25(24)35-26(27)20(9-11-28(27,33)22(30)16-19)29(3)23(32)8-6-18-10-15-34-17(18)2/h4-8,10,15,20,22,26,31,33H,1,9,11-14,16H2,2-3H3/b8-6+/t20?,22-,26?,27+,28-/m1/s1. The van der Waals surface area contributed by atoms with Gasteiger partial charge in [0.25, 0.3) is 0 Å². The summed E-state index contributed by atoms with van der Waals surface area (Å²) in [5, 5.41) is 23.2. The summed E-state index contributed by atoms with van der Waals surface area (Å²) in [4.78, 5) is 17.3. The van der Waals surface area contributed by atoms with Gasteiger partial charge in [0.05, 0.1) is 23.3 Å². The number of hydrogen-bond donors (Lipinski definition) is 2. The molecule has 2 unspecified atom stereocenters. The Hall–Kier alpha value is -3.03. The smallest absolute Gasteiger partial charge is 0.246 e. The van der Waals surface area contributed by atoms with Gasteiger partial charge in [-0.25, -0.2) is 0 Å². The maximum absolute atomic E-state index is 13.2. The quantitative estimate of drug-likeness (QED) is 0.509. The van der Waals surface area contributed by atoms with E-state index >= 15 is 0 Å². The van der Waals surface area contributed by atoms with Crippen LogP contribution in [0, 0.1) is 6.92 Å². The lowest BCUT2D eigenvalue weighted by Crippen LogP contribution is -2.78. The number of likely N-dealkylation sites (tertiary alicyclic amines) is 1. The summed E-state index contributed by atoms with van der Waals surface area (Å²) < 4.78 is 11.9. The molecule has 2 aliphatic heterocycles. The zero-order chi connectivity index (χ0) is 24.5. The second kappa shape index (κ2) is 7.73. The highest BCUT2D eigenvalue weighted by molar-refractivity contribution is 5.92. The minimum absolute atomic E-state index is 0.0609. The van der Waals surface area contributed by atoms with Crippen molar-refractivity contribution in [1.29, 1.82) is 0 Å². The normalized spacial score (nSPS) is 32.8. The van der Waals surface area contributed by atoms with E-state index in [9.17, 15) is 15.0 Å². The molecule has 1 saturated heterocycles. The molecular formula is C28H32N2O5. The van der Waals surface area contributed by atoms with Gasteiger partial charge in [-0.05, 0) is 62.9 Å². The summed E-state index contributed by atoms with van der Waals surface area (Å²) in [6.07, 6.45) is 8.99. The SMILES string of the molecule is C=CCN1CC[C@]23c4c5ccc(O)c4OC2C(N(C)C(=O)/C=C/c2ccoc2C)CC[C@@]3(O)[C@H]1C5. The van der Waals surface area contributed by atoms with E-state index in [0.717, 1.165) is 35.5 Å². The molecule has 7 nitrogen and oxygen atoms in total. The predicted octanol–water partition coefficient (Wildman–Crippen LogP) is 3.17. The summed E-state index contributed by atoms with van der Waals surface area (Å²) in [6, 6.07) is 5.20. The molecule has 1 amide bonds. The third-order valence-electron chi connectivity index (χ3n) is 9.05. The Morgan fingerprint density at radius 2 is 2.17 bits per heavy atom. The van der Waals surface area contributed by atoms with E-state index < -0.39 is 17.1 Å². The molecule has 2 aromatic rings. The summed E-state index contributed by atoms with van der Waals surface area (Å²) >= 11 is 0. The van der Waals surface area contributed by atoms with Crippen LogP contribution in [0.25, 0.3) is 6.08 Å². The number of aliphatic hydroxyl groups is 1. The number of rotatable bonds is 5. The molecule has 2 N–H and O–H groups in total. The Labute approximate surface area is 205 Å². The molecule has 4 aliphatic rings. The number of likely N-dealkylation sites (N-methyl/N-ethyl adjacent to an activating group) is 1. The van der Waals surface area contributed by atoms with Crippen LogP contribution >= 0.6 is 0 Å². The van der Waals surface area contributed by atoms with Gasteiger partial charge in [-0.15, -0.1) is 6.58 Å². The highest BCUT2D eigenvalue weighted by atomic mass is 16.5. The highest BCUT2D eigenvalue weighted by Crippen LogP contribution is 2.65. The highest BCUT2D eigenvalue weighted by Gasteiger charge is 2.73. The average molecular weight is 477 g/mol. The Kier molecular flexibility index (Phi) is 4.96. The zero-order valence-corrected chi connectivity index (χ0v) is 20.2. The van der Waals surface area contributed by atoms with Crippen LogP contribution in [0.15, 0.2) is 47.6 Å². The number of phenols is 1. The maximum atomic E-state index is 13.2. The number of hydrogen-bond acceptors (Lipinski definition) is 6. The van der Waals surface area contributed by atoms with E-state index in [0.29, 0.717) is 31.4 Å². The van der Waals surface area contributed by atoms with Crippen LogP contribution in [0.4, 0.5) is 0 Å². The van der Waals surface area contributed by atoms with Gasteiger partial charge in [0, 0.05) is 36.8 Å². The van der Waals surface area contributed by atoms with E-state index in [1.165, 1.54) is 0 Å². The number of phenolic OH excluding ortho intramolecular Hbond substituents is 1. The minimum Gasteiger partial charge on any atom is -0.504 e. The largest absolute Gasteiger partial charge is 0.504 e. The lowest BCUT2D eigenvalue weighted by atomic mass is 9.48. The Bertz CT molecular complexity index is 1230. The molecule has 1 aromatic carbocycles. The molecule has 3 heterocycles. The van der Waals surface area contributed by atoms with Gasteiger partial charge in [-0.2, -0.15) is 0 Å². The second-order valence-corrected chi connectivity index (χ2v) is 10.5. The first-order chi connectivity index (χ1) is 16.8. The van der Waals surface area contributed by atoms with Crippen molar-refractivity contribution in [3.8, 4) is 11.5 Å². The molecule has 0 radical (unpaired) electrons. The number of amides is 1. The van der Waals surface area contributed by atoms with E-state index in [1.807, 2.05) is 25.1 Å². The van der Waals surface area contributed by atoms with Crippen LogP contribution in [0.3, 0.4) is 0 Å². The number of piperidine rings is 1. The number of carbonyl (C=O) groups is 1. The summed E-state index contributed by atoms with van der Waals surface area (Å²) in [5.41, 5.74) is 1.27. The fourth-order valence-corrected chi connectivity index (χ4v) is 7.40. The summed E-state index contributed by atoms with van der Waals surface area (Å²) in [6.45, 7) is 7.31. The van der Waals surface area contributed by atoms with Gasteiger partial charge in [0.15, 0.2) is 11.5 Å². The molecule has 2 aliphatic carbocycles. The van der Waals surface area contributed by atoms with Crippen LogP contribution in [-0.4, -0.2) is 69.8 Å². The monoisotopic (exact) mass is 476 g/mol. The van der Waals surface area contributed by atoms with Crippen molar-refractivity contribution in [1.82, 2.24) is 9.80 Å². The predicted molar refractivity (Wildman–Crippen MR) is 131 cm³/mol. The van der Waals surface area contributed by atoms with Crippen molar-refractivity contribution in [2.24, 2.45) is 0 Å². The lowest BCUT2D eigenvalue weighted by Gasteiger charge is -2.64. The number of ether oxygens (including phenoxy) is 1. The maximum Gasteiger partial charge on any atom is 0.246 e. The van der Waals surface area contributed by atoms with E-state index in [2.05, 4.69) is 11.5 Å². The van der Waals surface area contributed by atoms with Crippen molar-refractivity contribution in [3.63, 3.8) is 0 Å². The first kappa shape index (κ1) is 22.4. The van der Waals surface area contributed by atoms with E-state index in [4.69, 9.17) is 9.15 Å². The number of nitrogens with zero attached hydrogens (tertiary/aromatic N) is 2. The molecule has 2 bridgehead atoms. The Balaban J connectivity index is 1.40. The average Bonchev–Trinajstić information content (AvgIpc) is 3.41. The number of furan rings is 1. The van der Waals surface area contributed by atoms with Crippen LogP contribution in [0.1, 0.15) is 41.7 Å². The van der Waals surface area contributed by atoms with Crippen molar-refractivity contribution in [2.75, 3.05) is 20.1 Å².